The molecule has 1 saturated carbocycles. The highest BCUT2D eigenvalue weighted by Gasteiger charge is 2.47. The minimum atomic E-state index is 0.882. The summed E-state index contributed by atoms with van der Waals surface area (Å²) in [7, 11) is 0. The molecule has 1 aromatic carbocycles. The Kier molecular flexibility index (Phi) is 1.08. The van der Waals surface area contributed by atoms with Crippen molar-refractivity contribution < 1.29 is 0 Å². The number of fused-ring (bicyclic) bond motifs is 3. The summed E-state index contributed by atoms with van der Waals surface area (Å²) in [6, 6.07) is 8.85. The zero-order valence-electron chi connectivity index (χ0n) is 7.25. The average Bonchev–Trinajstić information content (AvgIpc) is 2.83. The van der Waals surface area contributed by atoms with Gasteiger partial charge in [-0.15, -0.1) is 0 Å². The standard InChI is InChI=1S/C12H12/c1-2-8-9-5-3-4-6-10(9)12-7-11(8)12/h2-6,11-12H,7H2,1H3/b8-2+/t11-,12+/m1/s1. The molecule has 2 atom stereocenters. The Labute approximate surface area is 72.9 Å². The lowest BCUT2D eigenvalue weighted by molar-refractivity contribution is 1.09. The molecule has 1 aromatic rings. The fourth-order valence-corrected chi connectivity index (χ4v) is 2.53. The van der Waals surface area contributed by atoms with Gasteiger partial charge in [-0.3, -0.25) is 0 Å². The van der Waals surface area contributed by atoms with E-state index in [1.54, 1.807) is 11.1 Å². The molecule has 2 aliphatic rings. The van der Waals surface area contributed by atoms with E-state index in [1.807, 2.05) is 0 Å². The van der Waals surface area contributed by atoms with Crippen LogP contribution in [-0.2, 0) is 0 Å². The maximum Gasteiger partial charge on any atom is -0.00807 e. The van der Waals surface area contributed by atoms with Gasteiger partial charge in [-0.2, -0.15) is 0 Å². The van der Waals surface area contributed by atoms with Crippen LogP contribution in [0, 0.1) is 5.92 Å². The molecule has 0 spiro atoms. The highest BCUT2D eigenvalue weighted by Crippen LogP contribution is 2.62. The highest BCUT2D eigenvalue weighted by atomic mass is 14.5. The zero-order chi connectivity index (χ0) is 8.13. The summed E-state index contributed by atoms with van der Waals surface area (Å²) in [5.74, 6) is 1.76. The summed E-state index contributed by atoms with van der Waals surface area (Å²) in [4.78, 5) is 0. The van der Waals surface area contributed by atoms with Crippen LogP contribution in [0.25, 0.3) is 5.57 Å². The minimum absolute atomic E-state index is 0.882. The predicted octanol–water partition coefficient (Wildman–Crippen LogP) is 3.21. The molecule has 0 saturated heterocycles. The van der Waals surface area contributed by atoms with E-state index in [4.69, 9.17) is 0 Å². The maximum atomic E-state index is 2.29. The fraction of sp³-hybridized carbons (Fsp3) is 0.333. The van der Waals surface area contributed by atoms with Gasteiger partial charge >= 0.3 is 0 Å². The molecule has 0 aromatic heterocycles. The second-order valence-corrected chi connectivity index (χ2v) is 3.78. The summed E-state index contributed by atoms with van der Waals surface area (Å²) < 4.78 is 0. The lowest BCUT2D eigenvalue weighted by Gasteiger charge is -2.03. The molecule has 0 aliphatic heterocycles. The topological polar surface area (TPSA) is 0 Å². The van der Waals surface area contributed by atoms with Crippen molar-refractivity contribution in [1.82, 2.24) is 0 Å². The molecule has 3 rings (SSSR count). The average molecular weight is 156 g/mol. The normalized spacial score (nSPS) is 33.2. The van der Waals surface area contributed by atoms with Crippen molar-refractivity contribution >= 4 is 5.57 Å². The largest absolute Gasteiger partial charge is 0.0835 e. The van der Waals surface area contributed by atoms with Crippen molar-refractivity contribution in [2.24, 2.45) is 5.92 Å². The van der Waals surface area contributed by atoms with Crippen molar-refractivity contribution in [2.75, 3.05) is 0 Å². The van der Waals surface area contributed by atoms with E-state index in [-0.39, 0.29) is 0 Å². The molecule has 0 unspecified atom stereocenters. The van der Waals surface area contributed by atoms with Gasteiger partial charge in [0.2, 0.25) is 0 Å². The van der Waals surface area contributed by atoms with E-state index in [0.717, 1.165) is 11.8 Å². The van der Waals surface area contributed by atoms with Crippen molar-refractivity contribution in [3.8, 4) is 0 Å². The molecule has 0 N–H and O–H groups in total. The first-order valence-corrected chi connectivity index (χ1v) is 4.67. The molecular formula is C12H12. The van der Waals surface area contributed by atoms with Crippen LogP contribution < -0.4 is 0 Å². The van der Waals surface area contributed by atoms with Crippen molar-refractivity contribution in [3.63, 3.8) is 0 Å². The molecule has 0 heterocycles. The molecule has 0 radical (unpaired) electrons. The van der Waals surface area contributed by atoms with Gasteiger partial charge in [-0.25, -0.2) is 0 Å². The number of benzene rings is 1. The third-order valence-electron chi connectivity index (χ3n) is 3.17. The first-order chi connectivity index (χ1) is 5.92. The molecule has 0 amide bonds. The maximum absolute atomic E-state index is 2.29. The van der Waals surface area contributed by atoms with Crippen LogP contribution in [0.5, 0.6) is 0 Å². The molecule has 0 nitrogen and oxygen atoms in total. The Morgan fingerprint density at radius 1 is 1.25 bits per heavy atom. The summed E-state index contributed by atoms with van der Waals surface area (Å²) >= 11 is 0. The van der Waals surface area contributed by atoms with E-state index < -0.39 is 0 Å². The number of hydrogen-bond acceptors (Lipinski definition) is 0. The second kappa shape index (κ2) is 2.01. The van der Waals surface area contributed by atoms with Crippen LogP contribution in [0.1, 0.15) is 30.4 Å². The summed E-state index contributed by atoms with van der Waals surface area (Å²) in [6.45, 7) is 2.16. The quantitative estimate of drug-likeness (QED) is 0.541. The third-order valence-corrected chi connectivity index (χ3v) is 3.17. The highest BCUT2D eigenvalue weighted by molar-refractivity contribution is 5.79. The van der Waals surface area contributed by atoms with E-state index in [9.17, 15) is 0 Å². The van der Waals surface area contributed by atoms with Crippen molar-refractivity contribution in [2.45, 2.75) is 19.3 Å². The lowest BCUT2D eigenvalue weighted by atomic mass is 10.0. The first kappa shape index (κ1) is 6.47. The number of rotatable bonds is 0. The molecule has 0 bridgehead atoms. The fourth-order valence-electron chi connectivity index (χ4n) is 2.53. The minimum Gasteiger partial charge on any atom is -0.0835 e. The molecule has 60 valence electrons. The summed E-state index contributed by atoms with van der Waals surface area (Å²) in [5.41, 5.74) is 4.70. The Hall–Kier alpha value is -1.04. The van der Waals surface area contributed by atoms with Crippen molar-refractivity contribution in [1.29, 1.82) is 0 Å². The van der Waals surface area contributed by atoms with Gasteiger partial charge in [0, 0.05) is 0 Å². The van der Waals surface area contributed by atoms with Crippen LogP contribution in [0.4, 0.5) is 0 Å². The molecule has 2 aliphatic carbocycles. The lowest BCUT2D eigenvalue weighted by Crippen LogP contribution is -1.83. The van der Waals surface area contributed by atoms with Gasteiger partial charge in [0.25, 0.3) is 0 Å². The first-order valence-electron chi connectivity index (χ1n) is 4.67. The van der Waals surface area contributed by atoms with Crippen LogP contribution in [-0.4, -0.2) is 0 Å². The Morgan fingerprint density at radius 3 is 2.92 bits per heavy atom. The monoisotopic (exact) mass is 156 g/mol. The SMILES string of the molecule is C/C=C1\c2ccccc2[C@@H]2C[C@H]12. The van der Waals surface area contributed by atoms with Gasteiger partial charge in [0.15, 0.2) is 0 Å². The second-order valence-electron chi connectivity index (χ2n) is 3.78. The van der Waals surface area contributed by atoms with Crippen LogP contribution in [0.2, 0.25) is 0 Å². The summed E-state index contributed by atoms with van der Waals surface area (Å²) in [5, 5.41) is 0. The van der Waals surface area contributed by atoms with Gasteiger partial charge in [0.05, 0.1) is 0 Å². The molecule has 12 heavy (non-hydrogen) atoms. The van der Waals surface area contributed by atoms with Gasteiger partial charge in [-0.1, -0.05) is 30.3 Å². The van der Waals surface area contributed by atoms with E-state index in [1.165, 1.54) is 12.0 Å². The smallest absolute Gasteiger partial charge is 0.00807 e. The Balaban J connectivity index is 2.25. The van der Waals surface area contributed by atoms with Crippen LogP contribution >= 0.6 is 0 Å². The van der Waals surface area contributed by atoms with E-state index in [2.05, 4.69) is 37.3 Å². The number of hydrogen-bond donors (Lipinski definition) is 0. The van der Waals surface area contributed by atoms with Crippen LogP contribution in [0.15, 0.2) is 30.3 Å². The zero-order valence-corrected chi connectivity index (χ0v) is 7.25. The third kappa shape index (κ3) is 0.632. The molecule has 0 heteroatoms. The van der Waals surface area contributed by atoms with Gasteiger partial charge in [-0.05, 0) is 41.9 Å². The van der Waals surface area contributed by atoms with Crippen LogP contribution in [0.3, 0.4) is 0 Å². The van der Waals surface area contributed by atoms with Gasteiger partial charge < -0.3 is 0 Å². The summed E-state index contributed by atoms with van der Waals surface area (Å²) in [6.07, 6.45) is 3.69. The predicted molar refractivity (Wildman–Crippen MR) is 50.9 cm³/mol. The van der Waals surface area contributed by atoms with Crippen molar-refractivity contribution in [3.05, 3.63) is 41.5 Å². The van der Waals surface area contributed by atoms with E-state index in [0.29, 0.717) is 0 Å². The van der Waals surface area contributed by atoms with Gasteiger partial charge in [0.1, 0.15) is 0 Å². The molecular weight excluding hydrogens is 144 g/mol. The number of allylic oxidation sites excluding steroid dienone is 2. The Bertz CT molecular complexity index is 360. The Morgan fingerprint density at radius 2 is 2.08 bits per heavy atom. The molecule has 1 fully saturated rings. The van der Waals surface area contributed by atoms with E-state index >= 15 is 0 Å².